The summed E-state index contributed by atoms with van der Waals surface area (Å²) in [4.78, 5) is 55.8. The molecule has 0 unspecified atom stereocenters. The Morgan fingerprint density at radius 3 is 2.72 bits per heavy atom. The first-order chi connectivity index (χ1) is 22.1. The minimum atomic E-state index is -1.37. The fraction of sp³-hybridized carbons (Fsp3) is 0.639. The van der Waals surface area contributed by atoms with Crippen LogP contribution in [0.3, 0.4) is 0 Å². The molecule has 6 aliphatic rings. The standard InChI is InChI=1S/C36H44N2O8/c1-34-13-12-24(39)15-23(34)10-11-25-26-16-29-36(35(26,2)17-27(40)31(25)34,46-33(45-29)21-7-4-3-5-8-21)28(41)20-44-30(42)19-38-32(43)22-9-6-14-37-18-22/h6,9,12-15,18,21,25-27,29,31,33,40H,3-5,7-8,10-11,16-17,19-20H2,1-2H3,(H,38,43)/t25-,26-,27-,29+,31+,33+,34-,35-,36+/m0/s1. The first-order valence-electron chi connectivity index (χ1n) is 16.9. The van der Waals surface area contributed by atoms with Gasteiger partial charge in [-0.1, -0.05) is 44.8 Å². The molecule has 2 heterocycles. The number of aliphatic hydroxyl groups is 1. The van der Waals surface area contributed by atoms with E-state index >= 15 is 0 Å². The van der Waals surface area contributed by atoms with Crippen LogP contribution >= 0.6 is 0 Å². The van der Waals surface area contributed by atoms with Crippen LogP contribution < -0.4 is 5.32 Å². The Kier molecular flexibility index (Phi) is 8.05. The van der Waals surface area contributed by atoms with Crippen molar-refractivity contribution in [2.45, 2.75) is 95.7 Å². The molecule has 0 radical (unpaired) electrons. The van der Waals surface area contributed by atoms with Crippen LogP contribution in [0.2, 0.25) is 0 Å². The van der Waals surface area contributed by atoms with Gasteiger partial charge in [0.2, 0.25) is 5.78 Å². The van der Waals surface area contributed by atoms with Gasteiger partial charge in [0.05, 0.1) is 17.8 Å². The number of nitrogens with one attached hydrogen (secondary N) is 1. The molecular formula is C36H44N2O8. The summed E-state index contributed by atoms with van der Waals surface area (Å²) in [5.41, 5.74) is -1.19. The van der Waals surface area contributed by atoms with Gasteiger partial charge in [-0.05, 0) is 74.6 Å². The molecule has 1 aliphatic heterocycles. The topological polar surface area (TPSA) is 141 Å². The summed E-state index contributed by atoms with van der Waals surface area (Å²) in [5, 5.41) is 14.5. The molecular weight excluding hydrogens is 588 g/mol. The van der Waals surface area contributed by atoms with Crippen molar-refractivity contribution in [1.82, 2.24) is 10.3 Å². The Bertz CT molecular complexity index is 1470. The van der Waals surface area contributed by atoms with Crippen molar-refractivity contribution in [3.8, 4) is 0 Å². The summed E-state index contributed by atoms with van der Waals surface area (Å²) >= 11 is 0. The molecule has 46 heavy (non-hydrogen) atoms. The second kappa shape index (κ2) is 11.8. The smallest absolute Gasteiger partial charge is 0.325 e. The lowest BCUT2D eigenvalue weighted by Gasteiger charge is -2.59. The number of esters is 1. The Hall–Kier alpha value is -3.21. The van der Waals surface area contributed by atoms with E-state index in [1.165, 1.54) is 12.6 Å². The van der Waals surface area contributed by atoms with Crippen molar-refractivity contribution < 1.29 is 38.5 Å². The van der Waals surface area contributed by atoms with Crippen molar-refractivity contribution in [3.05, 3.63) is 53.9 Å². The maximum Gasteiger partial charge on any atom is 0.325 e. The molecule has 0 aromatic carbocycles. The van der Waals surface area contributed by atoms with Gasteiger partial charge >= 0.3 is 5.97 Å². The lowest BCUT2D eigenvalue weighted by molar-refractivity contribution is -0.210. The molecule has 10 nitrogen and oxygen atoms in total. The molecule has 10 heteroatoms. The van der Waals surface area contributed by atoms with E-state index in [9.17, 15) is 24.3 Å². The average molecular weight is 633 g/mol. The number of rotatable bonds is 7. The minimum absolute atomic E-state index is 0.0113. The van der Waals surface area contributed by atoms with Crippen molar-refractivity contribution >= 4 is 23.4 Å². The number of carbonyl (C=O) groups is 4. The second-order valence-electron chi connectivity index (χ2n) is 14.7. The highest BCUT2D eigenvalue weighted by Crippen LogP contribution is 2.70. The third-order valence-corrected chi connectivity index (χ3v) is 12.4. The summed E-state index contributed by atoms with van der Waals surface area (Å²) in [6.45, 7) is 3.28. The van der Waals surface area contributed by atoms with Gasteiger partial charge in [0, 0.05) is 35.1 Å². The molecule has 1 aromatic rings. The number of nitrogens with zero attached hydrogens (tertiary/aromatic N) is 1. The summed E-state index contributed by atoms with van der Waals surface area (Å²) < 4.78 is 19.1. The number of carbonyl (C=O) groups excluding carboxylic acids is 4. The van der Waals surface area contributed by atoms with Gasteiger partial charge in [-0.2, -0.15) is 0 Å². The Morgan fingerprint density at radius 1 is 1.15 bits per heavy atom. The van der Waals surface area contributed by atoms with E-state index in [2.05, 4.69) is 24.1 Å². The number of ether oxygens (including phenoxy) is 3. The van der Waals surface area contributed by atoms with E-state index in [4.69, 9.17) is 14.2 Å². The number of amides is 1. The van der Waals surface area contributed by atoms with E-state index in [1.807, 2.05) is 6.08 Å². The zero-order valence-corrected chi connectivity index (χ0v) is 26.6. The SMILES string of the molecule is C[C@]12C=CC(=O)C=C1CC[C@@H]1[C@@H]2[C@@H](O)C[C@@]2(C)[C@H]1C[C@H]1O[C@@H](C3CCCCC3)O[C@]12C(=O)COC(=O)CNC(=O)c1cccnc1. The monoisotopic (exact) mass is 632 g/mol. The molecule has 1 saturated heterocycles. The fourth-order valence-electron chi connectivity index (χ4n) is 10.3. The number of allylic oxidation sites excluding steroid dienone is 4. The van der Waals surface area contributed by atoms with Crippen molar-refractivity contribution in [2.24, 2.45) is 34.5 Å². The predicted molar refractivity (Wildman–Crippen MR) is 165 cm³/mol. The van der Waals surface area contributed by atoms with E-state index in [1.54, 1.807) is 30.5 Å². The van der Waals surface area contributed by atoms with E-state index in [0.29, 0.717) is 18.4 Å². The van der Waals surface area contributed by atoms with Gasteiger partial charge < -0.3 is 24.6 Å². The molecule has 1 amide bonds. The highest BCUT2D eigenvalue weighted by atomic mass is 16.7. The number of ketones is 2. The number of pyridine rings is 1. The first kappa shape index (κ1) is 31.4. The maximum absolute atomic E-state index is 14.5. The largest absolute Gasteiger partial charge is 0.456 e. The van der Waals surface area contributed by atoms with Crippen LogP contribution in [0.4, 0.5) is 0 Å². The Balaban J connectivity index is 1.13. The van der Waals surface area contributed by atoms with Crippen molar-refractivity contribution in [1.29, 1.82) is 0 Å². The molecule has 246 valence electrons. The molecule has 5 aliphatic carbocycles. The Labute approximate surface area is 269 Å². The summed E-state index contributed by atoms with van der Waals surface area (Å²) in [5.74, 6) is -1.36. The average Bonchev–Trinajstić information content (AvgIpc) is 3.56. The van der Waals surface area contributed by atoms with Gasteiger partial charge in [0.1, 0.15) is 6.54 Å². The predicted octanol–water partition coefficient (Wildman–Crippen LogP) is 3.87. The third kappa shape index (κ3) is 4.90. The summed E-state index contributed by atoms with van der Waals surface area (Å²) in [6, 6.07) is 3.21. The summed E-state index contributed by atoms with van der Waals surface area (Å²) in [7, 11) is 0. The Morgan fingerprint density at radius 2 is 1.96 bits per heavy atom. The molecule has 7 rings (SSSR count). The molecule has 4 saturated carbocycles. The van der Waals surface area contributed by atoms with Crippen molar-refractivity contribution in [3.63, 3.8) is 0 Å². The number of aliphatic hydroxyl groups excluding tert-OH is 1. The van der Waals surface area contributed by atoms with Crippen LogP contribution in [-0.4, -0.2) is 70.8 Å². The lowest BCUT2D eigenvalue weighted by Crippen LogP contribution is -2.63. The van der Waals surface area contributed by atoms with Gasteiger partial charge in [0.25, 0.3) is 5.91 Å². The van der Waals surface area contributed by atoms with E-state index < -0.39 is 60.0 Å². The fourth-order valence-corrected chi connectivity index (χ4v) is 10.3. The van der Waals surface area contributed by atoms with Crippen LogP contribution in [0.15, 0.2) is 48.3 Å². The lowest BCUT2D eigenvalue weighted by atomic mass is 9.46. The van der Waals surface area contributed by atoms with Crippen LogP contribution in [0.5, 0.6) is 0 Å². The normalized spacial score (nSPS) is 39.8. The van der Waals surface area contributed by atoms with Crippen molar-refractivity contribution in [2.75, 3.05) is 13.2 Å². The quantitative estimate of drug-likeness (QED) is 0.429. The maximum atomic E-state index is 14.5. The number of hydrogen-bond acceptors (Lipinski definition) is 9. The van der Waals surface area contributed by atoms with Gasteiger partial charge in [-0.15, -0.1) is 0 Å². The minimum Gasteiger partial charge on any atom is -0.456 e. The molecule has 2 N–H and O–H groups in total. The van der Waals surface area contributed by atoms with E-state index in [0.717, 1.165) is 44.1 Å². The van der Waals surface area contributed by atoms with Crippen LogP contribution in [0.25, 0.3) is 0 Å². The number of aromatic nitrogens is 1. The van der Waals surface area contributed by atoms with Gasteiger partial charge in [0.15, 0.2) is 24.3 Å². The molecule has 0 bridgehead atoms. The number of Topliss-reactive ketones (excluding diaryl/α,β-unsaturated/α-hetero) is 1. The van der Waals surface area contributed by atoms with Gasteiger partial charge in [-0.3, -0.25) is 24.2 Å². The zero-order valence-electron chi connectivity index (χ0n) is 26.6. The molecule has 1 aromatic heterocycles. The highest BCUT2D eigenvalue weighted by Gasteiger charge is 2.76. The number of hydrogen-bond donors (Lipinski definition) is 2. The summed E-state index contributed by atoms with van der Waals surface area (Å²) in [6.07, 6.45) is 14.3. The van der Waals surface area contributed by atoms with E-state index in [-0.39, 0.29) is 35.2 Å². The van der Waals surface area contributed by atoms with Gasteiger partial charge in [-0.25, -0.2) is 0 Å². The second-order valence-corrected chi connectivity index (χ2v) is 14.7. The first-order valence-corrected chi connectivity index (χ1v) is 16.9. The van der Waals surface area contributed by atoms with Crippen LogP contribution in [0, 0.1) is 34.5 Å². The number of fused-ring (bicyclic) bond motifs is 7. The van der Waals surface area contributed by atoms with Crippen LogP contribution in [-0.2, 0) is 28.6 Å². The molecule has 5 fully saturated rings. The zero-order chi connectivity index (χ0) is 32.3. The third-order valence-electron chi connectivity index (χ3n) is 12.4. The molecule has 0 spiro atoms. The highest BCUT2D eigenvalue weighted by molar-refractivity contribution is 6.01. The van der Waals surface area contributed by atoms with Crippen LogP contribution in [0.1, 0.15) is 82.0 Å². The molecule has 9 atom stereocenters.